The van der Waals surface area contributed by atoms with Crippen LogP contribution in [0.15, 0.2) is 30.3 Å². The van der Waals surface area contributed by atoms with Crippen molar-refractivity contribution in [3.05, 3.63) is 30.3 Å². The first-order chi connectivity index (χ1) is 10.3. The maximum atomic E-state index is 12.2. The number of rotatable bonds is 6. The zero-order valence-electron chi connectivity index (χ0n) is 12.2. The second kappa shape index (κ2) is 8.33. The lowest BCUT2D eigenvalue weighted by Crippen LogP contribution is -2.43. The second-order valence-corrected chi connectivity index (χ2v) is 5.17. The molecule has 2 rings (SSSR count). The number of hydrogen-bond acceptors (Lipinski definition) is 3. The minimum absolute atomic E-state index is 0.0282. The van der Waals surface area contributed by atoms with Gasteiger partial charge in [0.25, 0.3) is 5.91 Å². The van der Waals surface area contributed by atoms with Crippen molar-refractivity contribution < 1.29 is 14.3 Å². The van der Waals surface area contributed by atoms with Gasteiger partial charge in [-0.25, -0.2) is 0 Å². The van der Waals surface area contributed by atoms with Crippen LogP contribution in [0.25, 0.3) is 0 Å². The van der Waals surface area contributed by atoms with Gasteiger partial charge in [-0.15, -0.1) is 6.42 Å². The summed E-state index contributed by atoms with van der Waals surface area (Å²) < 4.78 is 10.9. The number of piperidine rings is 1. The van der Waals surface area contributed by atoms with Crippen LogP contribution in [0.3, 0.4) is 0 Å². The van der Waals surface area contributed by atoms with E-state index in [0.29, 0.717) is 19.1 Å². The molecule has 21 heavy (non-hydrogen) atoms. The summed E-state index contributed by atoms with van der Waals surface area (Å²) in [7, 11) is 0. The minimum Gasteiger partial charge on any atom is -0.484 e. The molecule has 1 heterocycles. The number of benzene rings is 1. The van der Waals surface area contributed by atoms with E-state index >= 15 is 0 Å². The van der Waals surface area contributed by atoms with E-state index in [9.17, 15) is 4.79 Å². The van der Waals surface area contributed by atoms with E-state index in [0.717, 1.165) is 31.7 Å². The quantitative estimate of drug-likeness (QED) is 0.593. The molecule has 0 spiro atoms. The Kier molecular flexibility index (Phi) is 6.11. The Labute approximate surface area is 126 Å². The molecule has 4 nitrogen and oxygen atoms in total. The van der Waals surface area contributed by atoms with Gasteiger partial charge in [-0.1, -0.05) is 24.1 Å². The molecule has 0 aromatic heterocycles. The number of likely N-dealkylation sites (tertiary alicyclic amines) is 1. The van der Waals surface area contributed by atoms with Crippen LogP contribution in [0.5, 0.6) is 5.75 Å². The average Bonchev–Trinajstić information content (AvgIpc) is 2.54. The number of nitrogens with zero attached hydrogens (tertiary/aromatic N) is 1. The number of para-hydroxylation sites is 1. The molecule has 0 aliphatic carbocycles. The van der Waals surface area contributed by atoms with Crippen LogP contribution in [0, 0.1) is 18.3 Å². The highest BCUT2D eigenvalue weighted by Gasteiger charge is 2.23. The van der Waals surface area contributed by atoms with Gasteiger partial charge in [-0.05, 0) is 30.9 Å². The molecule has 1 fully saturated rings. The predicted octanol–water partition coefficient (Wildman–Crippen LogP) is 1.95. The van der Waals surface area contributed by atoms with Crippen molar-refractivity contribution in [1.29, 1.82) is 0 Å². The summed E-state index contributed by atoms with van der Waals surface area (Å²) in [5.41, 5.74) is 0. The first-order valence-electron chi connectivity index (χ1n) is 7.26. The summed E-state index contributed by atoms with van der Waals surface area (Å²) >= 11 is 0. The van der Waals surface area contributed by atoms with Gasteiger partial charge in [0.15, 0.2) is 6.61 Å². The Balaban J connectivity index is 1.75. The summed E-state index contributed by atoms with van der Waals surface area (Å²) in [5.74, 6) is 3.57. The highest BCUT2D eigenvalue weighted by molar-refractivity contribution is 5.77. The van der Waals surface area contributed by atoms with Gasteiger partial charge in [0, 0.05) is 13.1 Å². The average molecular weight is 287 g/mol. The number of carbonyl (C=O) groups excluding carboxylic acids is 1. The minimum atomic E-state index is 0.0282. The van der Waals surface area contributed by atoms with E-state index in [1.54, 1.807) is 0 Å². The van der Waals surface area contributed by atoms with Gasteiger partial charge in [0.1, 0.15) is 12.4 Å². The first-order valence-corrected chi connectivity index (χ1v) is 7.26. The third-order valence-electron chi connectivity index (χ3n) is 3.52. The van der Waals surface area contributed by atoms with Crippen molar-refractivity contribution in [2.75, 3.05) is 32.9 Å². The van der Waals surface area contributed by atoms with Crippen LogP contribution in [0.4, 0.5) is 0 Å². The van der Waals surface area contributed by atoms with E-state index in [-0.39, 0.29) is 12.5 Å². The van der Waals surface area contributed by atoms with Crippen molar-refractivity contribution >= 4 is 5.91 Å². The van der Waals surface area contributed by atoms with E-state index in [2.05, 4.69) is 5.92 Å². The molecule has 1 aliphatic rings. The highest BCUT2D eigenvalue weighted by Crippen LogP contribution is 2.17. The van der Waals surface area contributed by atoms with Crippen molar-refractivity contribution in [2.24, 2.45) is 5.92 Å². The number of terminal acetylenes is 1. The molecular weight excluding hydrogens is 266 g/mol. The summed E-state index contributed by atoms with van der Waals surface area (Å²) in [6.45, 7) is 2.56. The molecular formula is C17H21NO3. The van der Waals surface area contributed by atoms with Crippen molar-refractivity contribution in [2.45, 2.75) is 12.8 Å². The van der Waals surface area contributed by atoms with Crippen LogP contribution in [0.2, 0.25) is 0 Å². The summed E-state index contributed by atoms with van der Waals surface area (Å²) in [4.78, 5) is 14.0. The number of carbonyl (C=O) groups is 1. The third kappa shape index (κ3) is 5.13. The number of hydrogen-bond donors (Lipinski definition) is 0. The Morgan fingerprint density at radius 3 is 2.95 bits per heavy atom. The molecule has 1 aliphatic heterocycles. The fraction of sp³-hybridized carbons (Fsp3) is 0.471. The zero-order chi connectivity index (χ0) is 14.9. The van der Waals surface area contributed by atoms with Gasteiger partial charge in [-0.2, -0.15) is 0 Å². The lowest BCUT2D eigenvalue weighted by molar-refractivity contribution is -0.135. The standard InChI is InChI=1S/C17H21NO3/c1-2-11-20-13-15-7-6-10-18(12-15)17(19)14-21-16-8-4-3-5-9-16/h1,3-5,8-9,15H,6-7,10-14H2/t15-/m1/s1. The fourth-order valence-electron chi connectivity index (χ4n) is 2.47. The first kappa shape index (κ1) is 15.4. The Bertz CT molecular complexity index is 481. The smallest absolute Gasteiger partial charge is 0.260 e. The van der Waals surface area contributed by atoms with Gasteiger partial charge in [-0.3, -0.25) is 4.79 Å². The molecule has 0 saturated carbocycles. The SMILES string of the molecule is C#CCOC[C@@H]1CCCN(C(=O)COc2ccccc2)C1. The molecule has 1 amide bonds. The molecule has 1 aromatic rings. The van der Waals surface area contributed by atoms with E-state index in [1.165, 1.54) is 0 Å². The summed E-state index contributed by atoms with van der Waals surface area (Å²) in [5, 5.41) is 0. The molecule has 1 aromatic carbocycles. The second-order valence-electron chi connectivity index (χ2n) is 5.17. The van der Waals surface area contributed by atoms with Crippen LogP contribution in [0.1, 0.15) is 12.8 Å². The van der Waals surface area contributed by atoms with Crippen LogP contribution < -0.4 is 4.74 Å². The van der Waals surface area contributed by atoms with Crippen molar-refractivity contribution in [3.63, 3.8) is 0 Å². The van der Waals surface area contributed by atoms with E-state index in [1.807, 2.05) is 35.2 Å². The number of amides is 1. The summed E-state index contributed by atoms with van der Waals surface area (Å²) in [6.07, 6.45) is 7.24. The van der Waals surface area contributed by atoms with Crippen LogP contribution in [-0.2, 0) is 9.53 Å². The maximum Gasteiger partial charge on any atom is 0.260 e. The monoisotopic (exact) mass is 287 g/mol. The largest absolute Gasteiger partial charge is 0.484 e. The molecule has 1 atom stereocenters. The Morgan fingerprint density at radius 1 is 1.38 bits per heavy atom. The predicted molar refractivity (Wildman–Crippen MR) is 80.9 cm³/mol. The van der Waals surface area contributed by atoms with Crippen molar-refractivity contribution in [3.8, 4) is 18.1 Å². The lowest BCUT2D eigenvalue weighted by atomic mass is 9.99. The van der Waals surface area contributed by atoms with E-state index in [4.69, 9.17) is 15.9 Å². The maximum absolute atomic E-state index is 12.2. The van der Waals surface area contributed by atoms with Crippen LogP contribution in [-0.4, -0.2) is 43.7 Å². The molecule has 4 heteroatoms. The molecule has 0 bridgehead atoms. The zero-order valence-corrected chi connectivity index (χ0v) is 12.2. The molecule has 1 saturated heterocycles. The Morgan fingerprint density at radius 2 is 2.19 bits per heavy atom. The van der Waals surface area contributed by atoms with Gasteiger partial charge in [0.05, 0.1) is 6.61 Å². The van der Waals surface area contributed by atoms with Crippen LogP contribution >= 0.6 is 0 Å². The number of ether oxygens (including phenoxy) is 2. The third-order valence-corrected chi connectivity index (χ3v) is 3.52. The highest BCUT2D eigenvalue weighted by atomic mass is 16.5. The topological polar surface area (TPSA) is 38.8 Å². The van der Waals surface area contributed by atoms with Crippen molar-refractivity contribution in [1.82, 2.24) is 4.90 Å². The Hall–Kier alpha value is -1.99. The summed E-state index contributed by atoms with van der Waals surface area (Å²) in [6, 6.07) is 9.39. The van der Waals surface area contributed by atoms with Gasteiger partial charge < -0.3 is 14.4 Å². The lowest BCUT2D eigenvalue weighted by Gasteiger charge is -2.32. The van der Waals surface area contributed by atoms with Gasteiger partial charge >= 0.3 is 0 Å². The van der Waals surface area contributed by atoms with Gasteiger partial charge in [0.2, 0.25) is 0 Å². The molecule has 0 radical (unpaired) electrons. The fourth-order valence-corrected chi connectivity index (χ4v) is 2.47. The molecule has 0 unspecified atom stereocenters. The molecule has 0 N–H and O–H groups in total. The molecule has 112 valence electrons. The van der Waals surface area contributed by atoms with E-state index < -0.39 is 0 Å². The normalized spacial score (nSPS) is 18.0.